The smallest absolute Gasteiger partial charge is 0.227 e. The normalized spacial score (nSPS) is 18.8. The molecule has 0 spiro atoms. The Morgan fingerprint density at radius 2 is 2.29 bits per heavy atom. The van der Waals surface area contributed by atoms with E-state index in [1.54, 1.807) is 6.07 Å². The molecule has 2 atom stereocenters. The molecule has 1 heterocycles. The Balaban J connectivity index is 2.01. The van der Waals surface area contributed by atoms with E-state index in [4.69, 9.17) is 9.84 Å². The molecule has 1 aliphatic rings. The van der Waals surface area contributed by atoms with Crippen LogP contribution in [0, 0.1) is 17.7 Å². The maximum absolute atomic E-state index is 13.3. The van der Waals surface area contributed by atoms with E-state index in [1.165, 1.54) is 12.1 Å². The van der Waals surface area contributed by atoms with E-state index in [2.05, 4.69) is 5.32 Å². The molecule has 0 saturated heterocycles. The van der Waals surface area contributed by atoms with Crippen LogP contribution < -0.4 is 10.1 Å². The fraction of sp³-hybridized carbons (Fsp3) is 0.562. The van der Waals surface area contributed by atoms with E-state index in [9.17, 15) is 9.18 Å². The molecule has 2 rings (SSSR count). The summed E-state index contributed by atoms with van der Waals surface area (Å²) in [6, 6.07) is 4.32. The van der Waals surface area contributed by atoms with E-state index in [1.807, 2.05) is 13.8 Å². The Morgan fingerprint density at radius 3 is 2.95 bits per heavy atom. The van der Waals surface area contributed by atoms with E-state index < -0.39 is 0 Å². The van der Waals surface area contributed by atoms with Gasteiger partial charge in [0, 0.05) is 12.6 Å². The molecule has 4 nitrogen and oxygen atoms in total. The summed E-state index contributed by atoms with van der Waals surface area (Å²) >= 11 is 0. The molecule has 5 heteroatoms. The number of benzene rings is 1. The Hall–Kier alpha value is -1.62. The topological polar surface area (TPSA) is 58.6 Å². The SMILES string of the molecule is CC(C)C(CCO)NC(=O)C1COc2ccc(F)cc2C1. The van der Waals surface area contributed by atoms with Gasteiger partial charge in [-0.3, -0.25) is 4.79 Å². The average molecular weight is 295 g/mol. The Bertz CT molecular complexity index is 504. The predicted molar refractivity (Wildman–Crippen MR) is 77.6 cm³/mol. The van der Waals surface area contributed by atoms with Crippen LogP contribution in [-0.4, -0.2) is 30.3 Å². The molecule has 0 saturated carbocycles. The zero-order chi connectivity index (χ0) is 15.4. The van der Waals surface area contributed by atoms with Gasteiger partial charge < -0.3 is 15.2 Å². The van der Waals surface area contributed by atoms with E-state index in [-0.39, 0.29) is 36.2 Å². The third-order valence-corrected chi connectivity index (χ3v) is 3.87. The molecule has 2 N–H and O–H groups in total. The number of halogens is 1. The number of aliphatic hydroxyl groups excluding tert-OH is 1. The lowest BCUT2D eigenvalue weighted by molar-refractivity contribution is -0.127. The Kier molecular flexibility index (Phi) is 5.17. The van der Waals surface area contributed by atoms with Crippen LogP contribution in [0.4, 0.5) is 4.39 Å². The lowest BCUT2D eigenvalue weighted by Gasteiger charge is -2.28. The van der Waals surface area contributed by atoms with Crippen molar-refractivity contribution in [2.24, 2.45) is 11.8 Å². The molecule has 0 fully saturated rings. The van der Waals surface area contributed by atoms with Crippen molar-refractivity contribution >= 4 is 5.91 Å². The van der Waals surface area contributed by atoms with Gasteiger partial charge in [-0.1, -0.05) is 13.8 Å². The third-order valence-electron chi connectivity index (χ3n) is 3.87. The summed E-state index contributed by atoms with van der Waals surface area (Å²) in [5.41, 5.74) is 0.727. The second kappa shape index (κ2) is 6.89. The Morgan fingerprint density at radius 1 is 1.52 bits per heavy atom. The standard InChI is InChI=1S/C16H22FNO3/c1-10(2)14(5-6-19)18-16(20)12-7-11-8-13(17)3-4-15(11)21-9-12/h3-4,8,10,12,14,19H,5-7,9H2,1-2H3,(H,18,20). The minimum absolute atomic E-state index is 0.0400. The van der Waals surface area contributed by atoms with Crippen molar-refractivity contribution in [3.05, 3.63) is 29.6 Å². The summed E-state index contributed by atoms with van der Waals surface area (Å²) in [7, 11) is 0. The number of aliphatic hydroxyl groups is 1. The maximum atomic E-state index is 13.3. The van der Waals surface area contributed by atoms with Gasteiger partial charge in [0.25, 0.3) is 0 Å². The highest BCUT2D eigenvalue weighted by Crippen LogP contribution is 2.28. The largest absolute Gasteiger partial charge is 0.492 e. The minimum Gasteiger partial charge on any atom is -0.492 e. The van der Waals surface area contributed by atoms with Gasteiger partial charge in [-0.15, -0.1) is 0 Å². The molecule has 0 bridgehead atoms. The van der Waals surface area contributed by atoms with Crippen molar-refractivity contribution in [3.63, 3.8) is 0 Å². The average Bonchev–Trinajstić information content (AvgIpc) is 2.45. The van der Waals surface area contributed by atoms with Gasteiger partial charge in [0.2, 0.25) is 5.91 Å². The second-order valence-electron chi connectivity index (χ2n) is 5.84. The fourth-order valence-electron chi connectivity index (χ4n) is 2.54. The molecule has 1 aliphatic heterocycles. The summed E-state index contributed by atoms with van der Waals surface area (Å²) in [5.74, 6) is 0.154. The number of hydrogen-bond acceptors (Lipinski definition) is 3. The van der Waals surface area contributed by atoms with Crippen molar-refractivity contribution in [3.8, 4) is 5.75 Å². The van der Waals surface area contributed by atoms with E-state index >= 15 is 0 Å². The van der Waals surface area contributed by atoms with Gasteiger partial charge in [0.15, 0.2) is 0 Å². The summed E-state index contributed by atoms with van der Waals surface area (Å²) in [6.45, 7) is 4.35. The van der Waals surface area contributed by atoms with Crippen molar-refractivity contribution in [1.82, 2.24) is 5.32 Å². The molecule has 116 valence electrons. The first-order chi connectivity index (χ1) is 10.0. The molecule has 1 aromatic rings. The molecule has 21 heavy (non-hydrogen) atoms. The zero-order valence-corrected chi connectivity index (χ0v) is 12.4. The van der Waals surface area contributed by atoms with Crippen LogP contribution in [0.15, 0.2) is 18.2 Å². The quantitative estimate of drug-likeness (QED) is 0.872. The van der Waals surface area contributed by atoms with Gasteiger partial charge in [-0.2, -0.15) is 0 Å². The molecule has 0 aromatic heterocycles. The van der Waals surface area contributed by atoms with Gasteiger partial charge in [-0.25, -0.2) is 4.39 Å². The number of ether oxygens (including phenoxy) is 1. The van der Waals surface area contributed by atoms with Crippen LogP contribution in [0.3, 0.4) is 0 Å². The van der Waals surface area contributed by atoms with Crippen LogP contribution in [0.25, 0.3) is 0 Å². The van der Waals surface area contributed by atoms with Gasteiger partial charge >= 0.3 is 0 Å². The molecule has 1 amide bonds. The maximum Gasteiger partial charge on any atom is 0.227 e. The molecule has 2 unspecified atom stereocenters. The number of nitrogens with one attached hydrogen (secondary N) is 1. The van der Waals surface area contributed by atoms with E-state index in [0.717, 1.165) is 5.56 Å². The first kappa shape index (κ1) is 15.8. The summed E-state index contributed by atoms with van der Waals surface area (Å²) in [4.78, 5) is 12.3. The van der Waals surface area contributed by atoms with Gasteiger partial charge in [0.1, 0.15) is 18.2 Å². The van der Waals surface area contributed by atoms with Crippen molar-refractivity contribution in [1.29, 1.82) is 0 Å². The van der Waals surface area contributed by atoms with E-state index in [0.29, 0.717) is 25.2 Å². The lowest BCUT2D eigenvalue weighted by Crippen LogP contribution is -2.45. The van der Waals surface area contributed by atoms with Crippen molar-refractivity contribution in [2.75, 3.05) is 13.2 Å². The number of amides is 1. The van der Waals surface area contributed by atoms with Gasteiger partial charge in [-0.05, 0) is 42.5 Å². The predicted octanol–water partition coefficient (Wildman–Crippen LogP) is 1.90. The number of carbonyl (C=O) groups excluding carboxylic acids is 1. The summed E-state index contributed by atoms with van der Waals surface area (Å²) in [5, 5.41) is 12.0. The second-order valence-corrected chi connectivity index (χ2v) is 5.84. The highest BCUT2D eigenvalue weighted by atomic mass is 19.1. The van der Waals surface area contributed by atoms with Crippen LogP contribution in [-0.2, 0) is 11.2 Å². The number of hydrogen-bond donors (Lipinski definition) is 2. The van der Waals surface area contributed by atoms with Crippen LogP contribution in [0.1, 0.15) is 25.8 Å². The number of carbonyl (C=O) groups is 1. The molecular formula is C16H22FNO3. The van der Waals surface area contributed by atoms with Crippen LogP contribution >= 0.6 is 0 Å². The summed E-state index contributed by atoms with van der Waals surface area (Å²) < 4.78 is 18.8. The first-order valence-corrected chi connectivity index (χ1v) is 7.33. The van der Waals surface area contributed by atoms with Gasteiger partial charge in [0.05, 0.1) is 5.92 Å². The molecule has 0 aliphatic carbocycles. The number of fused-ring (bicyclic) bond motifs is 1. The summed E-state index contributed by atoms with van der Waals surface area (Å²) in [6.07, 6.45) is 1.01. The van der Waals surface area contributed by atoms with Crippen LogP contribution in [0.2, 0.25) is 0 Å². The third kappa shape index (κ3) is 3.94. The van der Waals surface area contributed by atoms with Crippen LogP contribution in [0.5, 0.6) is 5.75 Å². The van der Waals surface area contributed by atoms with Crippen molar-refractivity contribution < 1.29 is 19.0 Å². The first-order valence-electron chi connectivity index (χ1n) is 7.33. The molecular weight excluding hydrogens is 273 g/mol. The molecule has 0 radical (unpaired) electrons. The van der Waals surface area contributed by atoms with Crippen molar-refractivity contribution in [2.45, 2.75) is 32.7 Å². The Labute approximate surface area is 124 Å². The zero-order valence-electron chi connectivity index (χ0n) is 12.4. The highest BCUT2D eigenvalue weighted by molar-refractivity contribution is 5.80. The fourth-order valence-corrected chi connectivity index (χ4v) is 2.54. The molecule has 1 aromatic carbocycles. The minimum atomic E-state index is -0.321. The highest BCUT2D eigenvalue weighted by Gasteiger charge is 2.28. The lowest BCUT2D eigenvalue weighted by atomic mass is 9.94. The number of rotatable bonds is 5. The monoisotopic (exact) mass is 295 g/mol.